The number of carboxylic acids is 1. The summed E-state index contributed by atoms with van der Waals surface area (Å²) in [7, 11) is 0. The van der Waals surface area contributed by atoms with Gasteiger partial charge in [-0.25, -0.2) is 4.79 Å². The van der Waals surface area contributed by atoms with E-state index in [1.807, 2.05) is 24.3 Å². The van der Waals surface area contributed by atoms with E-state index in [4.69, 9.17) is 21.1 Å². The predicted molar refractivity (Wildman–Crippen MR) is 97.9 cm³/mol. The molecule has 8 heteroatoms. The molecule has 0 saturated heterocycles. The van der Waals surface area contributed by atoms with Crippen LogP contribution in [0.4, 0.5) is 6.01 Å². The van der Waals surface area contributed by atoms with Crippen LogP contribution < -0.4 is 10.9 Å². The molecular formula is C18H12ClN3O4. The molecule has 0 saturated carbocycles. The van der Waals surface area contributed by atoms with Crippen LogP contribution in [0.2, 0.25) is 5.02 Å². The summed E-state index contributed by atoms with van der Waals surface area (Å²) in [6.45, 7) is 0.284. The van der Waals surface area contributed by atoms with Crippen LogP contribution in [0.5, 0.6) is 0 Å². The second-order valence-corrected chi connectivity index (χ2v) is 6.12. The highest BCUT2D eigenvalue weighted by Gasteiger charge is 2.13. The Morgan fingerprint density at radius 1 is 1.27 bits per heavy atom. The van der Waals surface area contributed by atoms with E-state index in [1.165, 1.54) is 6.07 Å². The van der Waals surface area contributed by atoms with Crippen LogP contribution in [0.1, 0.15) is 15.9 Å². The molecule has 2 aromatic heterocycles. The number of aromatic nitrogens is 2. The average molecular weight is 370 g/mol. The van der Waals surface area contributed by atoms with Gasteiger partial charge in [0, 0.05) is 17.0 Å². The lowest BCUT2D eigenvalue weighted by molar-refractivity contribution is 0.0695. The minimum absolute atomic E-state index is 0.284. The van der Waals surface area contributed by atoms with Crippen LogP contribution in [0.15, 0.2) is 51.7 Å². The smallest absolute Gasteiger partial charge is 0.341 e. The number of nitrogens with zero attached hydrogens (tertiary/aromatic N) is 1. The fraction of sp³-hybridized carbons (Fsp3) is 0.0556. The lowest BCUT2D eigenvalue weighted by Crippen LogP contribution is -2.17. The van der Waals surface area contributed by atoms with Gasteiger partial charge in [0.15, 0.2) is 5.58 Å². The summed E-state index contributed by atoms with van der Waals surface area (Å²) in [6, 6.07) is 12.3. The first kappa shape index (κ1) is 16.2. The number of fused-ring (bicyclic) bond motifs is 2. The Morgan fingerprint density at radius 3 is 2.85 bits per heavy atom. The standard InChI is InChI=1S/C18H12ClN3O4/c19-11-5-9-7-12(17(24)25)16(23)22-15(9)10(6-11)8-20-18-21-13-3-1-2-4-14(13)26-18/h1-7H,8H2,(H,20,21)(H,22,23)(H,24,25). The molecule has 0 spiro atoms. The first-order valence-electron chi connectivity index (χ1n) is 7.69. The van der Waals surface area contributed by atoms with Gasteiger partial charge in [0.2, 0.25) is 0 Å². The summed E-state index contributed by atoms with van der Waals surface area (Å²) in [5.41, 5.74) is 1.57. The molecule has 0 atom stereocenters. The van der Waals surface area contributed by atoms with Gasteiger partial charge in [-0.15, -0.1) is 0 Å². The lowest BCUT2D eigenvalue weighted by Gasteiger charge is -2.08. The number of aromatic amines is 1. The largest absolute Gasteiger partial charge is 0.477 e. The molecule has 0 bridgehead atoms. The zero-order chi connectivity index (χ0) is 18.3. The van der Waals surface area contributed by atoms with Gasteiger partial charge >= 0.3 is 5.97 Å². The summed E-state index contributed by atoms with van der Waals surface area (Å²) in [4.78, 5) is 30.1. The van der Waals surface area contributed by atoms with Crippen molar-refractivity contribution in [3.63, 3.8) is 0 Å². The Balaban J connectivity index is 1.72. The number of para-hydroxylation sites is 2. The van der Waals surface area contributed by atoms with Gasteiger partial charge in [0.05, 0.1) is 5.52 Å². The Kier molecular flexibility index (Phi) is 3.85. The Hall–Kier alpha value is -3.32. The van der Waals surface area contributed by atoms with Gasteiger partial charge in [-0.3, -0.25) is 4.79 Å². The molecule has 4 aromatic rings. The number of anilines is 1. The van der Waals surface area contributed by atoms with Gasteiger partial charge in [-0.05, 0) is 35.9 Å². The number of rotatable bonds is 4. The van der Waals surface area contributed by atoms with Gasteiger partial charge in [-0.1, -0.05) is 23.7 Å². The minimum atomic E-state index is -1.29. The van der Waals surface area contributed by atoms with Crippen molar-refractivity contribution in [2.45, 2.75) is 6.54 Å². The van der Waals surface area contributed by atoms with Crippen LogP contribution in [-0.2, 0) is 6.54 Å². The Bertz CT molecular complexity index is 1180. The number of benzene rings is 2. The van der Waals surface area contributed by atoms with E-state index in [1.54, 1.807) is 12.1 Å². The van der Waals surface area contributed by atoms with Gasteiger partial charge in [-0.2, -0.15) is 4.98 Å². The fourth-order valence-corrected chi connectivity index (χ4v) is 3.02. The Labute approximate surface area is 151 Å². The predicted octanol–water partition coefficient (Wildman–Crippen LogP) is 3.63. The molecule has 3 N–H and O–H groups in total. The number of pyridine rings is 1. The third-order valence-electron chi connectivity index (χ3n) is 3.95. The van der Waals surface area contributed by atoms with E-state index in [-0.39, 0.29) is 12.1 Å². The molecule has 130 valence electrons. The lowest BCUT2D eigenvalue weighted by atomic mass is 10.1. The van der Waals surface area contributed by atoms with Crippen molar-refractivity contribution in [2.75, 3.05) is 5.32 Å². The van der Waals surface area contributed by atoms with E-state index in [0.29, 0.717) is 33.1 Å². The van der Waals surface area contributed by atoms with E-state index in [0.717, 1.165) is 5.52 Å². The van der Waals surface area contributed by atoms with E-state index < -0.39 is 11.5 Å². The van der Waals surface area contributed by atoms with E-state index in [2.05, 4.69) is 15.3 Å². The molecule has 4 rings (SSSR count). The molecule has 0 radical (unpaired) electrons. The molecule has 26 heavy (non-hydrogen) atoms. The highest BCUT2D eigenvalue weighted by Crippen LogP contribution is 2.24. The quantitative estimate of drug-likeness (QED) is 0.507. The number of oxazole rings is 1. The summed E-state index contributed by atoms with van der Waals surface area (Å²) in [5.74, 6) is -1.29. The van der Waals surface area contributed by atoms with Crippen molar-refractivity contribution in [2.24, 2.45) is 0 Å². The third kappa shape index (κ3) is 2.89. The molecule has 2 aromatic carbocycles. The van der Waals surface area contributed by atoms with Crippen LogP contribution in [0.3, 0.4) is 0 Å². The molecule has 0 aliphatic rings. The Morgan fingerprint density at radius 2 is 2.08 bits per heavy atom. The van der Waals surface area contributed by atoms with Crippen molar-refractivity contribution in [1.29, 1.82) is 0 Å². The third-order valence-corrected chi connectivity index (χ3v) is 4.17. The van der Waals surface area contributed by atoms with E-state index in [9.17, 15) is 9.59 Å². The van der Waals surface area contributed by atoms with Crippen molar-refractivity contribution < 1.29 is 14.3 Å². The number of hydrogen-bond acceptors (Lipinski definition) is 5. The normalized spacial score (nSPS) is 11.1. The van der Waals surface area contributed by atoms with Crippen LogP contribution in [-0.4, -0.2) is 21.0 Å². The van der Waals surface area contributed by atoms with Crippen LogP contribution in [0, 0.1) is 0 Å². The highest BCUT2D eigenvalue weighted by molar-refractivity contribution is 6.31. The molecule has 2 heterocycles. The molecule has 7 nitrogen and oxygen atoms in total. The summed E-state index contributed by atoms with van der Waals surface area (Å²) < 4.78 is 5.60. The summed E-state index contributed by atoms with van der Waals surface area (Å²) in [5, 5.41) is 13.1. The first-order chi connectivity index (χ1) is 12.5. The second-order valence-electron chi connectivity index (χ2n) is 5.69. The SMILES string of the molecule is O=C(O)c1cc2cc(Cl)cc(CNc3nc4ccccc4o3)c2[nH]c1=O. The molecule has 0 unspecified atom stereocenters. The monoisotopic (exact) mass is 369 g/mol. The summed E-state index contributed by atoms with van der Waals surface area (Å²) in [6.07, 6.45) is 0. The summed E-state index contributed by atoms with van der Waals surface area (Å²) >= 11 is 6.14. The van der Waals surface area contributed by atoms with Crippen molar-refractivity contribution in [1.82, 2.24) is 9.97 Å². The van der Waals surface area contributed by atoms with Crippen LogP contribution in [0.25, 0.3) is 22.0 Å². The van der Waals surface area contributed by atoms with Gasteiger partial charge < -0.3 is 19.8 Å². The van der Waals surface area contributed by atoms with Crippen molar-refractivity contribution in [3.8, 4) is 0 Å². The maximum Gasteiger partial charge on any atom is 0.341 e. The molecule has 0 fully saturated rings. The highest BCUT2D eigenvalue weighted by atomic mass is 35.5. The van der Waals surface area contributed by atoms with Gasteiger partial charge in [0.25, 0.3) is 11.6 Å². The van der Waals surface area contributed by atoms with Crippen LogP contribution >= 0.6 is 11.6 Å². The number of carbonyl (C=O) groups is 1. The van der Waals surface area contributed by atoms with Gasteiger partial charge in [0.1, 0.15) is 11.1 Å². The average Bonchev–Trinajstić information content (AvgIpc) is 3.02. The number of halogens is 1. The molecule has 0 aliphatic heterocycles. The fourth-order valence-electron chi connectivity index (χ4n) is 2.77. The molecule has 0 aliphatic carbocycles. The number of carboxylic acid groups (broad SMARTS) is 1. The zero-order valence-electron chi connectivity index (χ0n) is 13.2. The number of hydrogen-bond donors (Lipinski definition) is 3. The van der Waals surface area contributed by atoms with Crippen molar-refractivity contribution >= 4 is 45.6 Å². The topological polar surface area (TPSA) is 108 Å². The number of H-pyrrole nitrogens is 1. The number of nitrogens with one attached hydrogen (secondary N) is 2. The maximum atomic E-state index is 12.0. The molecule has 0 amide bonds. The maximum absolute atomic E-state index is 12.0. The van der Waals surface area contributed by atoms with Crippen molar-refractivity contribution in [3.05, 3.63) is 69.0 Å². The zero-order valence-corrected chi connectivity index (χ0v) is 14.0. The molecular weight excluding hydrogens is 358 g/mol. The minimum Gasteiger partial charge on any atom is -0.477 e. The van der Waals surface area contributed by atoms with E-state index >= 15 is 0 Å². The number of aromatic carboxylic acids is 1. The second kappa shape index (κ2) is 6.20. The first-order valence-corrected chi connectivity index (χ1v) is 8.07.